The summed E-state index contributed by atoms with van der Waals surface area (Å²) in [7, 11) is 0. The van der Waals surface area contributed by atoms with Gasteiger partial charge in [0, 0.05) is 0 Å². The molecule has 2 N–H and O–H groups in total. The molecule has 8 nitrogen and oxygen atoms in total. The molecule has 0 saturated carbocycles. The van der Waals surface area contributed by atoms with Crippen molar-refractivity contribution in [3.63, 3.8) is 0 Å². The lowest BCUT2D eigenvalue weighted by molar-refractivity contribution is -0.119. The van der Waals surface area contributed by atoms with Crippen LogP contribution >= 0.6 is 11.8 Å². The summed E-state index contributed by atoms with van der Waals surface area (Å²) in [6.07, 6.45) is 1.37. The molecular formula is C23H20N4O4S. The maximum Gasteiger partial charge on any atom is 0.305 e. The molecule has 162 valence electrons. The minimum Gasteiger partial charge on any atom is -0.459 e. The summed E-state index contributed by atoms with van der Waals surface area (Å²) in [5.41, 5.74) is 7.55. The first-order valence-electron chi connectivity index (χ1n) is 9.79. The van der Waals surface area contributed by atoms with Crippen molar-refractivity contribution in [3.8, 4) is 5.69 Å². The standard InChI is InChI=1S/C23H20N4O4S/c1-14-7-5-8-15(2)20(14)27-22(30)16-9-3-4-10-17(16)24-23(27)32-13-19(28)25-26-21(29)18-11-6-12-31-18/h3-12H,13H2,1-2H3,(H,25,28)(H,26,29). The Balaban J connectivity index is 1.62. The molecular weight excluding hydrogens is 428 g/mol. The number of thioether (sulfide) groups is 1. The molecule has 2 amide bonds. The van der Waals surface area contributed by atoms with E-state index in [0.29, 0.717) is 16.1 Å². The summed E-state index contributed by atoms with van der Waals surface area (Å²) >= 11 is 1.11. The summed E-state index contributed by atoms with van der Waals surface area (Å²) in [5.74, 6) is -0.998. The van der Waals surface area contributed by atoms with Gasteiger partial charge >= 0.3 is 5.91 Å². The number of aryl methyl sites for hydroxylation is 2. The number of furan rings is 1. The van der Waals surface area contributed by atoms with Crippen LogP contribution in [0.15, 0.2) is 75.2 Å². The van der Waals surface area contributed by atoms with Crippen molar-refractivity contribution in [2.75, 3.05) is 5.75 Å². The van der Waals surface area contributed by atoms with Gasteiger partial charge in [0.05, 0.1) is 28.6 Å². The Morgan fingerprint density at radius 1 is 1.00 bits per heavy atom. The van der Waals surface area contributed by atoms with Gasteiger partial charge in [0.15, 0.2) is 10.9 Å². The molecule has 0 bridgehead atoms. The van der Waals surface area contributed by atoms with Gasteiger partial charge in [-0.15, -0.1) is 0 Å². The van der Waals surface area contributed by atoms with Gasteiger partial charge in [0.2, 0.25) is 5.91 Å². The number of amides is 2. The zero-order valence-corrected chi connectivity index (χ0v) is 18.2. The van der Waals surface area contributed by atoms with Crippen molar-refractivity contribution >= 4 is 34.5 Å². The molecule has 0 aliphatic heterocycles. The van der Waals surface area contributed by atoms with Crippen LogP contribution in [-0.2, 0) is 4.79 Å². The van der Waals surface area contributed by atoms with Gasteiger partial charge in [-0.2, -0.15) is 0 Å². The van der Waals surface area contributed by atoms with Gasteiger partial charge in [0.25, 0.3) is 5.56 Å². The first-order valence-corrected chi connectivity index (χ1v) is 10.8. The van der Waals surface area contributed by atoms with E-state index in [4.69, 9.17) is 4.42 Å². The number of benzene rings is 2. The lowest BCUT2D eigenvalue weighted by atomic mass is 10.1. The number of hydrogen-bond donors (Lipinski definition) is 2. The summed E-state index contributed by atoms with van der Waals surface area (Å²) in [5, 5.41) is 0.883. The molecule has 0 aliphatic rings. The summed E-state index contributed by atoms with van der Waals surface area (Å²) < 4.78 is 6.53. The smallest absolute Gasteiger partial charge is 0.305 e. The van der Waals surface area contributed by atoms with Gasteiger partial charge in [-0.1, -0.05) is 42.1 Å². The average Bonchev–Trinajstić information content (AvgIpc) is 3.32. The predicted molar refractivity (Wildman–Crippen MR) is 122 cm³/mol. The van der Waals surface area contributed by atoms with Crippen LogP contribution < -0.4 is 16.4 Å². The van der Waals surface area contributed by atoms with E-state index < -0.39 is 11.8 Å². The second-order valence-corrected chi connectivity index (χ2v) is 8.00. The molecule has 0 unspecified atom stereocenters. The van der Waals surface area contributed by atoms with E-state index in [1.54, 1.807) is 28.8 Å². The van der Waals surface area contributed by atoms with Crippen molar-refractivity contribution in [3.05, 3.63) is 88.1 Å². The highest BCUT2D eigenvalue weighted by molar-refractivity contribution is 7.99. The average molecular weight is 449 g/mol. The van der Waals surface area contributed by atoms with E-state index in [0.717, 1.165) is 28.6 Å². The summed E-state index contributed by atoms with van der Waals surface area (Å²) in [4.78, 5) is 42.3. The minimum atomic E-state index is -0.565. The molecule has 0 fully saturated rings. The number of nitrogens with zero attached hydrogens (tertiary/aromatic N) is 2. The number of hydrazine groups is 1. The van der Waals surface area contributed by atoms with Gasteiger partial charge in [0.1, 0.15) is 0 Å². The lowest BCUT2D eigenvalue weighted by Gasteiger charge is -2.17. The summed E-state index contributed by atoms with van der Waals surface area (Å²) in [6, 6.07) is 15.9. The molecule has 0 radical (unpaired) electrons. The summed E-state index contributed by atoms with van der Waals surface area (Å²) in [6.45, 7) is 3.85. The van der Waals surface area contributed by atoms with E-state index in [1.165, 1.54) is 12.3 Å². The van der Waals surface area contributed by atoms with Crippen molar-refractivity contribution < 1.29 is 14.0 Å². The van der Waals surface area contributed by atoms with Crippen molar-refractivity contribution in [1.82, 2.24) is 20.4 Å². The van der Waals surface area contributed by atoms with E-state index in [-0.39, 0.29) is 17.1 Å². The molecule has 9 heteroatoms. The molecule has 4 rings (SSSR count). The van der Waals surface area contributed by atoms with E-state index in [9.17, 15) is 14.4 Å². The highest BCUT2D eigenvalue weighted by Crippen LogP contribution is 2.25. The lowest BCUT2D eigenvalue weighted by Crippen LogP contribution is -2.42. The van der Waals surface area contributed by atoms with Gasteiger partial charge in [-0.3, -0.25) is 29.8 Å². The number of aromatic nitrogens is 2. The van der Waals surface area contributed by atoms with Crippen LogP contribution in [0.2, 0.25) is 0 Å². The molecule has 0 atom stereocenters. The zero-order valence-electron chi connectivity index (χ0n) is 17.4. The molecule has 0 saturated heterocycles. The Kier molecular flexibility index (Phi) is 6.09. The fourth-order valence-electron chi connectivity index (χ4n) is 3.33. The molecule has 4 aromatic rings. The monoisotopic (exact) mass is 448 g/mol. The van der Waals surface area contributed by atoms with Crippen LogP contribution in [0.3, 0.4) is 0 Å². The van der Waals surface area contributed by atoms with Crippen LogP contribution in [-0.4, -0.2) is 27.1 Å². The third-order valence-corrected chi connectivity index (χ3v) is 5.74. The number of carbonyl (C=O) groups is 2. The number of fused-ring (bicyclic) bond motifs is 1. The third-order valence-electron chi connectivity index (χ3n) is 4.80. The molecule has 2 aromatic carbocycles. The Morgan fingerprint density at radius 3 is 2.47 bits per heavy atom. The normalized spacial score (nSPS) is 10.8. The van der Waals surface area contributed by atoms with E-state index in [2.05, 4.69) is 15.8 Å². The molecule has 0 aliphatic carbocycles. The number of para-hydroxylation sites is 2. The Hall–Kier alpha value is -3.85. The van der Waals surface area contributed by atoms with Gasteiger partial charge in [-0.25, -0.2) is 4.98 Å². The maximum absolute atomic E-state index is 13.4. The van der Waals surface area contributed by atoms with Gasteiger partial charge in [-0.05, 0) is 49.2 Å². The first-order chi connectivity index (χ1) is 15.5. The van der Waals surface area contributed by atoms with E-state index in [1.807, 2.05) is 38.1 Å². The van der Waals surface area contributed by atoms with E-state index >= 15 is 0 Å². The Bertz CT molecular complexity index is 1340. The molecule has 2 heterocycles. The quantitative estimate of drug-likeness (QED) is 0.276. The minimum absolute atomic E-state index is 0.0614. The number of rotatable bonds is 5. The first kappa shape index (κ1) is 21.4. The van der Waals surface area contributed by atoms with Crippen LogP contribution in [0, 0.1) is 13.8 Å². The number of nitrogens with one attached hydrogen (secondary N) is 2. The maximum atomic E-state index is 13.4. The highest BCUT2D eigenvalue weighted by Gasteiger charge is 2.18. The number of carbonyl (C=O) groups excluding carboxylic acids is 2. The van der Waals surface area contributed by atoms with Crippen LogP contribution in [0.25, 0.3) is 16.6 Å². The van der Waals surface area contributed by atoms with Crippen LogP contribution in [0.4, 0.5) is 0 Å². The van der Waals surface area contributed by atoms with Crippen molar-refractivity contribution in [2.24, 2.45) is 0 Å². The SMILES string of the molecule is Cc1cccc(C)c1-n1c(SCC(=O)NNC(=O)c2ccco2)nc2ccccc2c1=O. The molecule has 32 heavy (non-hydrogen) atoms. The Morgan fingerprint density at radius 2 is 1.75 bits per heavy atom. The second kappa shape index (κ2) is 9.11. The van der Waals surface area contributed by atoms with Gasteiger partial charge < -0.3 is 4.42 Å². The van der Waals surface area contributed by atoms with Crippen LogP contribution in [0.1, 0.15) is 21.7 Å². The fourth-order valence-corrected chi connectivity index (χ4v) is 4.13. The predicted octanol–water partition coefficient (Wildman–Crippen LogP) is 3.15. The fraction of sp³-hybridized carbons (Fsp3) is 0.130. The molecule has 2 aromatic heterocycles. The number of hydrogen-bond acceptors (Lipinski definition) is 6. The largest absolute Gasteiger partial charge is 0.459 e. The highest BCUT2D eigenvalue weighted by atomic mass is 32.2. The Labute approximate surface area is 187 Å². The van der Waals surface area contributed by atoms with Crippen molar-refractivity contribution in [2.45, 2.75) is 19.0 Å². The topological polar surface area (TPSA) is 106 Å². The second-order valence-electron chi connectivity index (χ2n) is 7.06. The van der Waals surface area contributed by atoms with Crippen LogP contribution in [0.5, 0.6) is 0 Å². The zero-order chi connectivity index (χ0) is 22.7. The molecule has 0 spiro atoms. The van der Waals surface area contributed by atoms with Crippen molar-refractivity contribution in [1.29, 1.82) is 0 Å². The third kappa shape index (κ3) is 4.28.